The molecular weight excluding hydrogens is 244 g/mol. The lowest BCUT2D eigenvalue weighted by Crippen LogP contribution is -2.56. The quantitative estimate of drug-likeness (QED) is 0.611. The number of H-pyrrole nitrogens is 1. The van der Waals surface area contributed by atoms with Gasteiger partial charge in [0.05, 0.1) is 35.9 Å². The average Bonchev–Trinajstić information content (AvgIpc) is 3.06. The van der Waals surface area contributed by atoms with E-state index in [4.69, 9.17) is 0 Å². The fourth-order valence-electron chi connectivity index (χ4n) is 3.08. The molecule has 0 saturated heterocycles. The van der Waals surface area contributed by atoms with Crippen LogP contribution < -0.4 is 10.6 Å². The SMILES string of the molecule is O=C(NC1(CO)CCCC1)C1Cc2nc[nH]c2CN1. The van der Waals surface area contributed by atoms with Crippen molar-refractivity contribution in [2.24, 2.45) is 0 Å². The van der Waals surface area contributed by atoms with E-state index in [9.17, 15) is 9.90 Å². The number of aliphatic hydroxyl groups is 1. The van der Waals surface area contributed by atoms with Crippen molar-refractivity contribution in [3.05, 3.63) is 17.7 Å². The smallest absolute Gasteiger partial charge is 0.238 e. The van der Waals surface area contributed by atoms with Crippen LogP contribution in [0.15, 0.2) is 6.33 Å². The van der Waals surface area contributed by atoms with Crippen LogP contribution in [-0.2, 0) is 17.8 Å². The molecule has 2 aliphatic rings. The number of aromatic nitrogens is 2. The van der Waals surface area contributed by atoms with E-state index in [0.717, 1.165) is 37.1 Å². The van der Waals surface area contributed by atoms with Crippen LogP contribution in [0.1, 0.15) is 37.1 Å². The van der Waals surface area contributed by atoms with Gasteiger partial charge in [-0.1, -0.05) is 12.8 Å². The van der Waals surface area contributed by atoms with E-state index in [1.165, 1.54) is 0 Å². The fourth-order valence-corrected chi connectivity index (χ4v) is 3.08. The van der Waals surface area contributed by atoms with Gasteiger partial charge in [-0.25, -0.2) is 4.98 Å². The summed E-state index contributed by atoms with van der Waals surface area (Å²) in [5, 5.41) is 15.8. The third kappa shape index (κ3) is 2.37. The summed E-state index contributed by atoms with van der Waals surface area (Å²) in [5.74, 6) is -0.0235. The first-order valence-electron chi connectivity index (χ1n) is 6.90. The first-order valence-corrected chi connectivity index (χ1v) is 6.90. The van der Waals surface area contributed by atoms with E-state index in [1.807, 2.05) is 0 Å². The average molecular weight is 264 g/mol. The van der Waals surface area contributed by atoms with Gasteiger partial charge in [0, 0.05) is 13.0 Å². The molecule has 1 saturated carbocycles. The van der Waals surface area contributed by atoms with Gasteiger partial charge in [-0.2, -0.15) is 0 Å². The molecule has 2 heterocycles. The van der Waals surface area contributed by atoms with Gasteiger partial charge < -0.3 is 15.4 Å². The van der Waals surface area contributed by atoms with E-state index in [1.54, 1.807) is 6.33 Å². The first-order chi connectivity index (χ1) is 9.22. The molecule has 4 N–H and O–H groups in total. The summed E-state index contributed by atoms with van der Waals surface area (Å²) < 4.78 is 0. The van der Waals surface area contributed by atoms with Crippen LogP contribution in [0.3, 0.4) is 0 Å². The molecule has 0 radical (unpaired) electrons. The number of hydrogen-bond acceptors (Lipinski definition) is 4. The summed E-state index contributed by atoms with van der Waals surface area (Å²) in [7, 11) is 0. The van der Waals surface area contributed by atoms with Crippen LogP contribution in [0, 0.1) is 0 Å². The number of aliphatic hydroxyl groups excluding tert-OH is 1. The molecule has 1 aromatic heterocycles. The predicted octanol–water partition coefficient (Wildman–Crippen LogP) is -0.155. The second-order valence-corrected chi connectivity index (χ2v) is 5.60. The minimum absolute atomic E-state index is 0.0235. The van der Waals surface area contributed by atoms with E-state index < -0.39 is 5.54 Å². The maximum absolute atomic E-state index is 12.3. The Morgan fingerprint density at radius 3 is 3.05 bits per heavy atom. The molecule has 1 unspecified atom stereocenters. The van der Waals surface area contributed by atoms with Gasteiger partial charge in [-0.3, -0.25) is 10.1 Å². The van der Waals surface area contributed by atoms with Gasteiger partial charge in [0.1, 0.15) is 0 Å². The van der Waals surface area contributed by atoms with Gasteiger partial charge in [-0.05, 0) is 12.8 Å². The summed E-state index contributed by atoms with van der Waals surface area (Å²) >= 11 is 0. The molecule has 1 amide bonds. The van der Waals surface area contributed by atoms with Crippen LogP contribution in [0.2, 0.25) is 0 Å². The summed E-state index contributed by atoms with van der Waals surface area (Å²) in [4.78, 5) is 19.6. The minimum atomic E-state index is -0.398. The van der Waals surface area contributed by atoms with Crippen LogP contribution in [0.25, 0.3) is 0 Å². The van der Waals surface area contributed by atoms with Crippen molar-refractivity contribution < 1.29 is 9.90 Å². The predicted molar refractivity (Wildman–Crippen MR) is 69.3 cm³/mol. The number of hydrogen-bond donors (Lipinski definition) is 4. The Hall–Kier alpha value is -1.40. The second kappa shape index (κ2) is 4.94. The summed E-state index contributed by atoms with van der Waals surface area (Å²) in [5.41, 5.74) is 1.62. The Bertz CT molecular complexity index is 465. The standard InChI is InChI=1S/C13H20N4O2/c18-7-13(3-1-2-4-13)17-12(19)10-5-9-11(6-14-10)16-8-15-9/h8,10,14,18H,1-7H2,(H,15,16)(H,17,19). The highest BCUT2D eigenvalue weighted by atomic mass is 16.3. The van der Waals surface area contributed by atoms with E-state index in [-0.39, 0.29) is 18.6 Å². The van der Waals surface area contributed by atoms with Crippen molar-refractivity contribution in [3.8, 4) is 0 Å². The molecule has 3 rings (SSSR count). The summed E-state index contributed by atoms with van der Waals surface area (Å²) in [6, 6.07) is -0.250. The zero-order chi connectivity index (χ0) is 13.3. The molecule has 0 bridgehead atoms. The monoisotopic (exact) mass is 264 g/mol. The zero-order valence-corrected chi connectivity index (χ0v) is 10.9. The third-order valence-corrected chi connectivity index (χ3v) is 4.30. The Balaban J connectivity index is 1.65. The highest BCUT2D eigenvalue weighted by Gasteiger charge is 2.37. The molecular formula is C13H20N4O2. The van der Waals surface area contributed by atoms with Crippen LogP contribution in [0.5, 0.6) is 0 Å². The van der Waals surface area contributed by atoms with Crippen LogP contribution >= 0.6 is 0 Å². The molecule has 1 aliphatic heterocycles. The van der Waals surface area contributed by atoms with Crippen molar-refractivity contribution in [3.63, 3.8) is 0 Å². The number of carbonyl (C=O) groups excluding carboxylic acids is 1. The van der Waals surface area contributed by atoms with Crippen molar-refractivity contribution in [1.29, 1.82) is 0 Å². The van der Waals surface area contributed by atoms with Crippen LogP contribution in [0.4, 0.5) is 0 Å². The molecule has 0 aromatic carbocycles. The van der Waals surface area contributed by atoms with Gasteiger partial charge in [-0.15, -0.1) is 0 Å². The third-order valence-electron chi connectivity index (χ3n) is 4.30. The molecule has 1 aromatic rings. The van der Waals surface area contributed by atoms with Gasteiger partial charge in [0.25, 0.3) is 0 Å². The van der Waals surface area contributed by atoms with E-state index >= 15 is 0 Å². The molecule has 1 fully saturated rings. The lowest BCUT2D eigenvalue weighted by atomic mass is 9.97. The molecule has 6 heteroatoms. The molecule has 19 heavy (non-hydrogen) atoms. The van der Waals surface area contributed by atoms with Crippen molar-refractivity contribution in [1.82, 2.24) is 20.6 Å². The van der Waals surface area contributed by atoms with Crippen LogP contribution in [-0.4, -0.2) is 39.2 Å². The number of fused-ring (bicyclic) bond motifs is 1. The highest BCUT2D eigenvalue weighted by Crippen LogP contribution is 2.29. The fraction of sp³-hybridized carbons (Fsp3) is 0.692. The van der Waals surface area contributed by atoms with Crippen molar-refractivity contribution in [2.45, 2.75) is 50.2 Å². The number of imidazole rings is 1. The van der Waals surface area contributed by atoms with Crippen molar-refractivity contribution >= 4 is 5.91 Å². The van der Waals surface area contributed by atoms with Gasteiger partial charge in [0.15, 0.2) is 0 Å². The molecule has 1 atom stereocenters. The molecule has 1 aliphatic carbocycles. The lowest BCUT2D eigenvalue weighted by Gasteiger charge is -2.31. The lowest BCUT2D eigenvalue weighted by molar-refractivity contribution is -0.125. The van der Waals surface area contributed by atoms with Gasteiger partial charge >= 0.3 is 0 Å². The topological polar surface area (TPSA) is 90.0 Å². The van der Waals surface area contributed by atoms with Crippen molar-refractivity contribution in [2.75, 3.05) is 6.61 Å². The molecule has 104 valence electrons. The molecule has 6 nitrogen and oxygen atoms in total. The number of nitrogens with zero attached hydrogens (tertiary/aromatic N) is 1. The number of carbonyl (C=O) groups is 1. The zero-order valence-electron chi connectivity index (χ0n) is 10.9. The maximum Gasteiger partial charge on any atom is 0.238 e. The Morgan fingerprint density at radius 2 is 2.32 bits per heavy atom. The summed E-state index contributed by atoms with van der Waals surface area (Å²) in [6.45, 7) is 0.665. The largest absolute Gasteiger partial charge is 0.394 e. The summed E-state index contributed by atoms with van der Waals surface area (Å²) in [6.07, 6.45) is 6.15. The van der Waals surface area contributed by atoms with Gasteiger partial charge in [0.2, 0.25) is 5.91 Å². The minimum Gasteiger partial charge on any atom is -0.394 e. The first kappa shape index (κ1) is 12.6. The highest BCUT2D eigenvalue weighted by molar-refractivity contribution is 5.83. The Kier molecular flexibility index (Phi) is 3.28. The normalized spacial score (nSPS) is 25.0. The Labute approximate surface area is 112 Å². The Morgan fingerprint density at radius 1 is 1.53 bits per heavy atom. The number of aromatic amines is 1. The molecule has 0 spiro atoms. The maximum atomic E-state index is 12.3. The number of rotatable bonds is 3. The van der Waals surface area contributed by atoms with E-state index in [0.29, 0.717) is 13.0 Å². The number of nitrogens with one attached hydrogen (secondary N) is 3. The second-order valence-electron chi connectivity index (χ2n) is 5.60. The van der Waals surface area contributed by atoms with E-state index in [2.05, 4.69) is 20.6 Å². The number of amides is 1.